The van der Waals surface area contributed by atoms with E-state index in [9.17, 15) is 14.3 Å². The van der Waals surface area contributed by atoms with Gasteiger partial charge in [-0.3, -0.25) is 0 Å². The minimum Gasteiger partial charge on any atom is -0.240 e. The Kier molecular flexibility index (Phi) is 1.83. The van der Waals surface area contributed by atoms with Crippen molar-refractivity contribution in [3.8, 4) is 0 Å². The van der Waals surface area contributed by atoms with Crippen LogP contribution in [0.25, 0.3) is 0 Å². The lowest BCUT2D eigenvalue weighted by Crippen LogP contribution is -2.16. The molecule has 0 N–H and O–H groups in total. The Balaban J connectivity index is 3.79. The van der Waals surface area contributed by atoms with Crippen molar-refractivity contribution in [3.05, 3.63) is 0 Å². The normalized spacial score (nSPS) is 11.3. The van der Waals surface area contributed by atoms with Crippen LogP contribution in [0.15, 0.2) is 0 Å². The molecule has 0 aliphatic carbocycles. The Morgan fingerprint density at radius 1 is 1.57 bits per heavy atom. The summed E-state index contributed by atoms with van der Waals surface area (Å²) in [6.07, 6.45) is 0. The van der Waals surface area contributed by atoms with E-state index in [4.69, 9.17) is 0 Å². The Morgan fingerprint density at radius 3 is 1.71 bits per heavy atom. The molecule has 0 fully saturated rings. The topological polar surface area (TPSA) is 37.0 Å². The van der Waals surface area contributed by atoms with E-state index in [0.717, 1.165) is 0 Å². The molecule has 41 valence electrons. The molecule has 1 radical (unpaired) electrons. The number of carbonyl (C=O) groups excluding carboxylic acids is 1. The van der Waals surface area contributed by atoms with Crippen LogP contribution < -0.4 is 0 Å². The van der Waals surface area contributed by atoms with Gasteiger partial charge in [-0.25, -0.2) is 9.90 Å². The lowest BCUT2D eigenvalue weighted by Gasteiger charge is -1.94. The number of hydrogen-bond acceptors (Lipinski definition) is 1. The minimum absolute atomic E-state index is 2.14. The third kappa shape index (κ3) is 2.65. The average molecular weight is 146 g/mol. The molecule has 7 heavy (non-hydrogen) atoms. The summed E-state index contributed by atoms with van der Waals surface area (Å²) in [5.41, 5.74) is 0. The number of hydrogen-bond donors (Lipinski definition) is 0. The lowest BCUT2D eigenvalue weighted by atomic mass is 10.8. The van der Waals surface area contributed by atoms with Crippen LogP contribution in [-0.4, -0.2) is 10.6 Å². The summed E-state index contributed by atoms with van der Waals surface area (Å²) in [5.74, 6) is -2.14. The monoisotopic (exact) mass is 145 g/mol. The van der Waals surface area contributed by atoms with Crippen molar-refractivity contribution in [2.24, 2.45) is 0 Å². The van der Waals surface area contributed by atoms with Gasteiger partial charge in [0, 0.05) is 0 Å². The molecule has 0 bridgehead atoms. The fourth-order valence-corrected chi connectivity index (χ4v) is 0. The zero-order chi connectivity index (χ0) is 6.08. The second kappa shape index (κ2) is 1.84. The summed E-state index contributed by atoms with van der Waals surface area (Å²) in [6.45, 7) is 0. The highest BCUT2D eigenvalue weighted by atomic mass is 35.5. The fourth-order valence-electron chi connectivity index (χ4n) is 0. The van der Waals surface area contributed by atoms with Crippen molar-refractivity contribution in [2.75, 3.05) is 0 Å². The predicted molar refractivity (Wildman–Crippen MR) is 21.2 cm³/mol. The van der Waals surface area contributed by atoms with Gasteiger partial charge in [0.25, 0.3) is 0 Å². The first-order chi connectivity index (χ1) is 2.94. The molecule has 0 rings (SSSR count). The molecule has 2 nitrogen and oxygen atoms in total. The minimum atomic E-state index is -3.25. The van der Waals surface area contributed by atoms with E-state index in [2.05, 4.69) is 23.2 Å². The van der Waals surface area contributed by atoms with E-state index in [1.54, 1.807) is 0 Å². The van der Waals surface area contributed by atoms with E-state index >= 15 is 0 Å². The van der Waals surface area contributed by atoms with E-state index in [0.29, 0.717) is 0 Å². The van der Waals surface area contributed by atoms with Crippen molar-refractivity contribution >= 4 is 29.2 Å². The van der Waals surface area contributed by atoms with Gasteiger partial charge in [0.05, 0.1) is 0 Å². The smallest absolute Gasteiger partial charge is 0.240 e. The van der Waals surface area contributed by atoms with Crippen LogP contribution in [0.3, 0.4) is 0 Å². The van der Waals surface area contributed by atoms with E-state index in [1.807, 2.05) is 0 Å². The zero-order valence-corrected chi connectivity index (χ0v) is 4.46. The van der Waals surface area contributed by atoms with E-state index < -0.39 is 10.6 Å². The summed E-state index contributed by atoms with van der Waals surface area (Å²) in [5, 5.41) is 9.27. The Morgan fingerprint density at radius 2 is 1.71 bits per heavy atom. The maximum atomic E-state index is 11.4. The molecular formula is C2Cl2FO2. The third-order valence-electron chi connectivity index (χ3n) is 0.231. The summed E-state index contributed by atoms with van der Waals surface area (Å²) in [7, 11) is 0. The molecular weight excluding hydrogens is 146 g/mol. The van der Waals surface area contributed by atoms with Crippen LogP contribution >= 0.6 is 23.2 Å². The van der Waals surface area contributed by atoms with Gasteiger partial charge in [0.15, 0.2) is 0 Å². The highest BCUT2D eigenvalue weighted by molar-refractivity contribution is 6.55. The quantitative estimate of drug-likeness (QED) is 0.509. The van der Waals surface area contributed by atoms with Gasteiger partial charge in [-0.2, -0.15) is 4.39 Å². The summed E-state index contributed by atoms with van der Waals surface area (Å²) < 4.78 is 8.13. The molecule has 0 saturated heterocycles. The van der Waals surface area contributed by atoms with Crippen molar-refractivity contribution in [1.29, 1.82) is 0 Å². The second-order valence-electron chi connectivity index (χ2n) is 0.785. The van der Waals surface area contributed by atoms with Crippen LogP contribution in [0, 0.1) is 0 Å². The molecule has 0 amide bonds. The van der Waals surface area contributed by atoms with E-state index in [-0.39, 0.29) is 0 Å². The Hall–Kier alpha value is -0.0200. The van der Waals surface area contributed by atoms with Crippen molar-refractivity contribution < 1.29 is 14.3 Å². The van der Waals surface area contributed by atoms with Gasteiger partial charge < -0.3 is 0 Å². The molecule has 0 aromatic heterocycles. The summed E-state index contributed by atoms with van der Waals surface area (Å²) in [4.78, 5) is 9.27. The summed E-state index contributed by atoms with van der Waals surface area (Å²) >= 11 is 8.61. The van der Waals surface area contributed by atoms with Gasteiger partial charge in [-0.05, 0) is 0 Å². The number of alkyl halides is 3. The zero-order valence-electron chi connectivity index (χ0n) is 2.95. The predicted octanol–water partition coefficient (Wildman–Crippen LogP) is 1.04. The second-order valence-corrected chi connectivity index (χ2v) is 2.02. The SMILES string of the molecule is [O]C(=O)C(F)(Cl)Cl. The van der Waals surface area contributed by atoms with Crippen LogP contribution in [-0.2, 0) is 9.90 Å². The first kappa shape index (κ1) is 6.98. The molecule has 0 heterocycles. The van der Waals surface area contributed by atoms with Gasteiger partial charge in [0.2, 0.25) is 0 Å². The molecule has 0 aromatic rings. The lowest BCUT2D eigenvalue weighted by molar-refractivity contribution is -0.147. The summed E-state index contributed by atoms with van der Waals surface area (Å²) in [6, 6.07) is 0. The molecule has 0 saturated carbocycles. The molecule has 0 atom stereocenters. The van der Waals surface area contributed by atoms with Crippen LogP contribution in [0.2, 0.25) is 0 Å². The standard InChI is InChI=1S/C2Cl2FO2/c3-2(4,5)1(6)7. The number of halogens is 3. The first-order valence-corrected chi connectivity index (χ1v) is 1.98. The van der Waals surface area contributed by atoms with Crippen molar-refractivity contribution in [1.82, 2.24) is 0 Å². The Labute approximate surface area is 48.8 Å². The number of carbonyl (C=O) groups is 1. The van der Waals surface area contributed by atoms with Crippen LogP contribution in [0.5, 0.6) is 0 Å². The third-order valence-corrected chi connectivity index (χ3v) is 0.540. The van der Waals surface area contributed by atoms with Gasteiger partial charge in [0.1, 0.15) is 0 Å². The van der Waals surface area contributed by atoms with E-state index in [1.165, 1.54) is 0 Å². The highest BCUT2D eigenvalue weighted by Gasteiger charge is 2.34. The van der Waals surface area contributed by atoms with Crippen molar-refractivity contribution in [3.63, 3.8) is 0 Å². The maximum Gasteiger partial charge on any atom is 0.423 e. The number of rotatable bonds is 1. The molecule has 0 aliphatic heterocycles. The largest absolute Gasteiger partial charge is 0.423 e. The van der Waals surface area contributed by atoms with Crippen molar-refractivity contribution in [2.45, 2.75) is 4.59 Å². The molecule has 5 heteroatoms. The molecule has 0 unspecified atom stereocenters. The van der Waals surface area contributed by atoms with Crippen LogP contribution in [0.1, 0.15) is 0 Å². The highest BCUT2D eigenvalue weighted by Crippen LogP contribution is 2.21. The molecule has 0 aliphatic rings. The van der Waals surface area contributed by atoms with Gasteiger partial charge in [-0.1, -0.05) is 23.2 Å². The fraction of sp³-hybridized carbons (Fsp3) is 0.500. The van der Waals surface area contributed by atoms with Gasteiger partial charge >= 0.3 is 10.6 Å². The Bertz CT molecular complexity index is 86.2. The molecule has 0 spiro atoms. The molecule has 0 aromatic carbocycles. The average Bonchev–Trinajstić information content (AvgIpc) is 1.31. The van der Waals surface area contributed by atoms with Gasteiger partial charge in [-0.15, -0.1) is 0 Å². The first-order valence-electron chi connectivity index (χ1n) is 1.23. The maximum absolute atomic E-state index is 11.4. The van der Waals surface area contributed by atoms with Crippen LogP contribution in [0.4, 0.5) is 4.39 Å².